The molecule has 0 aliphatic carbocycles. The van der Waals surface area contributed by atoms with E-state index in [9.17, 15) is 9.59 Å². The van der Waals surface area contributed by atoms with Gasteiger partial charge in [0.05, 0.1) is 5.56 Å². The highest BCUT2D eigenvalue weighted by molar-refractivity contribution is 5.93. The first-order valence-corrected chi connectivity index (χ1v) is 7.11. The number of aromatic nitrogens is 1. The van der Waals surface area contributed by atoms with Crippen LogP contribution in [0.3, 0.4) is 0 Å². The number of likely N-dealkylation sites (N-methyl/N-ethyl adjacent to an activating group) is 1. The summed E-state index contributed by atoms with van der Waals surface area (Å²) in [5.41, 5.74) is 3.57. The van der Waals surface area contributed by atoms with E-state index in [1.54, 1.807) is 16.4 Å². The standard InChI is InChI=1S/C14H21N5O3/c1-18(2)6-4-15-14(21)19-5-3-12-11(9-19)7-10(8-16-12)13(20)17-22/h7-8,22H,3-6,9H2,1-2H3,(H,15,21)(H,17,20). The maximum absolute atomic E-state index is 12.1. The fraction of sp³-hybridized carbons (Fsp3) is 0.500. The highest BCUT2D eigenvalue weighted by atomic mass is 16.5. The molecule has 1 aliphatic heterocycles. The Hall–Kier alpha value is -2.19. The molecular formula is C14H21N5O3. The van der Waals surface area contributed by atoms with Crippen LogP contribution in [-0.4, -0.2) is 65.7 Å². The Balaban J connectivity index is 2.00. The molecule has 0 unspecified atom stereocenters. The van der Waals surface area contributed by atoms with Crippen molar-refractivity contribution in [1.82, 2.24) is 25.6 Å². The van der Waals surface area contributed by atoms with Gasteiger partial charge in [0, 0.05) is 44.5 Å². The first-order chi connectivity index (χ1) is 10.5. The van der Waals surface area contributed by atoms with Crippen LogP contribution in [0.15, 0.2) is 12.3 Å². The van der Waals surface area contributed by atoms with Crippen molar-refractivity contribution in [1.29, 1.82) is 0 Å². The summed E-state index contributed by atoms with van der Waals surface area (Å²) in [5, 5.41) is 11.5. The van der Waals surface area contributed by atoms with E-state index >= 15 is 0 Å². The minimum Gasteiger partial charge on any atom is -0.337 e. The molecule has 0 saturated heterocycles. The number of nitrogens with one attached hydrogen (secondary N) is 2. The summed E-state index contributed by atoms with van der Waals surface area (Å²) in [6.45, 7) is 2.36. The van der Waals surface area contributed by atoms with Crippen LogP contribution in [0.5, 0.6) is 0 Å². The molecule has 0 fully saturated rings. The van der Waals surface area contributed by atoms with Gasteiger partial charge in [-0.25, -0.2) is 10.3 Å². The number of nitrogens with zero attached hydrogens (tertiary/aromatic N) is 3. The van der Waals surface area contributed by atoms with Gasteiger partial charge in [-0.1, -0.05) is 0 Å². The molecule has 2 rings (SSSR count). The number of carbonyl (C=O) groups excluding carboxylic acids is 2. The van der Waals surface area contributed by atoms with Gasteiger partial charge in [-0.15, -0.1) is 0 Å². The van der Waals surface area contributed by atoms with Crippen LogP contribution in [0, 0.1) is 0 Å². The molecule has 0 aromatic carbocycles. The van der Waals surface area contributed by atoms with E-state index in [-0.39, 0.29) is 11.6 Å². The van der Waals surface area contributed by atoms with Crippen molar-refractivity contribution < 1.29 is 14.8 Å². The third-order valence-corrected chi connectivity index (χ3v) is 3.53. The summed E-state index contributed by atoms with van der Waals surface area (Å²) < 4.78 is 0. The number of amides is 3. The van der Waals surface area contributed by atoms with E-state index in [1.165, 1.54) is 6.20 Å². The third kappa shape index (κ3) is 3.92. The predicted molar refractivity (Wildman–Crippen MR) is 79.6 cm³/mol. The molecule has 8 nitrogen and oxygen atoms in total. The molecule has 8 heteroatoms. The third-order valence-electron chi connectivity index (χ3n) is 3.53. The molecule has 0 bridgehead atoms. The Morgan fingerprint density at radius 2 is 2.23 bits per heavy atom. The summed E-state index contributed by atoms with van der Waals surface area (Å²) >= 11 is 0. The Morgan fingerprint density at radius 3 is 2.91 bits per heavy atom. The average molecular weight is 307 g/mol. The maximum atomic E-state index is 12.1. The van der Waals surface area contributed by atoms with E-state index in [1.807, 2.05) is 19.0 Å². The lowest BCUT2D eigenvalue weighted by molar-refractivity contribution is 0.0705. The van der Waals surface area contributed by atoms with Crippen molar-refractivity contribution in [2.24, 2.45) is 0 Å². The van der Waals surface area contributed by atoms with Crippen molar-refractivity contribution in [3.8, 4) is 0 Å². The van der Waals surface area contributed by atoms with Crippen LogP contribution in [0.4, 0.5) is 4.79 Å². The molecule has 1 aliphatic rings. The zero-order chi connectivity index (χ0) is 16.1. The zero-order valence-corrected chi connectivity index (χ0v) is 12.8. The van der Waals surface area contributed by atoms with Gasteiger partial charge in [0.25, 0.3) is 5.91 Å². The van der Waals surface area contributed by atoms with Crippen LogP contribution in [0.2, 0.25) is 0 Å². The first kappa shape index (κ1) is 16.2. The zero-order valence-electron chi connectivity index (χ0n) is 12.8. The SMILES string of the molecule is CN(C)CCNC(=O)N1CCc2ncc(C(=O)NO)cc2C1. The van der Waals surface area contributed by atoms with Crippen molar-refractivity contribution >= 4 is 11.9 Å². The summed E-state index contributed by atoms with van der Waals surface area (Å²) in [6.07, 6.45) is 2.08. The fourth-order valence-electron chi connectivity index (χ4n) is 2.29. The second kappa shape index (κ2) is 7.19. The number of urea groups is 1. The number of rotatable bonds is 4. The van der Waals surface area contributed by atoms with Gasteiger partial charge in [0.2, 0.25) is 0 Å². The number of fused-ring (bicyclic) bond motifs is 1. The van der Waals surface area contributed by atoms with Gasteiger partial charge in [0.1, 0.15) is 0 Å². The number of hydrogen-bond acceptors (Lipinski definition) is 5. The minimum absolute atomic E-state index is 0.121. The van der Waals surface area contributed by atoms with Crippen LogP contribution in [0.25, 0.3) is 0 Å². The molecule has 0 radical (unpaired) electrons. The molecule has 120 valence electrons. The van der Waals surface area contributed by atoms with E-state index in [0.717, 1.165) is 17.8 Å². The van der Waals surface area contributed by atoms with E-state index in [0.29, 0.717) is 26.1 Å². The van der Waals surface area contributed by atoms with Gasteiger partial charge in [-0.2, -0.15) is 0 Å². The van der Waals surface area contributed by atoms with Gasteiger partial charge >= 0.3 is 6.03 Å². The topological polar surface area (TPSA) is 97.8 Å². The molecular weight excluding hydrogens is 286 g/mol. The molecule has 1 aromatic heterocycles. The molecule has 3 amide bonds. The molecule has 0 atom stereocenters. The molecule has 22 heavy (non-hydrogen) atoms. The highest BCUT2D eigenvalue weighted by Crippen LogP contribution is 2.18. The normalized spacial score (nSPS) is 13.7. The minimum atomic E-state index is -0.608. The lowest BCUT2D eigenvalue weighted by Crippen LogP contribution is -2.44. The van der Waals surface area contributed by atoms with Crippen molar-refractivity contribution in [3.63, 3.8) is 0 Å². The van der Waals surface area contributed by atoms with E-state index < -0.39 is 5.91 Å². The fourth-order valence-corrected chi connectivity index (χ4v) is 2.29. The van der Waals surface area contributed by atoms with Crippen LogP contribution >= 0.6 is 0 Å². The van der Waals surface area contributed by atoms with E-state index in [2.05, 4.69) is 10.3 Å². The smallest absolute Gasteiger partial charge is 0.317 e. The van der Waals surface area contributed by atoms with Crippen LogP contribution in [-0.2, 0) is 13.0 Å². The Morgan fingerprint density at radius 1 is 1.45 bits per heavy atom. The predicted octanol–water partition coefficient (Wildman–Crippen LogP) is -0.170. The second-order valence-corrected chi connectivity index (χ2v) is 5.48. The van der Waals surface area contributed by atoms with Gasteiger partial charge in [-0.3, -0.25) is 15.0 Å². The first-order valence-electron chi connectivity index (χ1n) is 7.11. The van der Waals surface area contributed by atoms with Gasteiger partial charge in [0.15, 0.2) is 0 Å². The maximum Gasteiger partial charge on any atom is 0.317 e. The Labute approximate surface area is 129 Å². The van der Waals surface area contributed by atoms with Crippen LogP contribution < -0.4 is 10.8 Å². The summed E-state index contributed by atoms with van der Waals surface area (Å²) in [5.74, 6) is -0.608. The second-order valence-electron chi connectivity index (χ2n) is 5.48. The molecule has 0 spiro atoms. The Bertz CT molecular complexity index is 561. The quantitative estimate of drug-likeness (QED) is 0.530. The monoisotopic (exact) mass is 307 g/mol. The van der Waals surface area contributed by atoms with Crippen molar-refractivity contribution in [2.75, 3.05) is 33.7 Å². The van der Waals surface area contributed by atoms with Crippen molar-refractivity contribution in [3.05, 3.63) is 29.1 Å². The molecule has 2 heterocycles. The number of hydrogen-bond donors (Lipinski definition) is 3. The van der Waals surface area contributed by atoms with Gasteiger partial charge < -0.3 is 15.1 Å². The molecule has 1 aromatic rings. The molecule has 3 N–H and O–H groups in total. The lowest BCUT2D eigenvalue weighted by atomic mass is 10.0. The highest BCUT2D eigenvalue weighted by Gasteiger charge is 2.22. The number of pyridine rings is 1. The summed E-state index contributed by atoms with van der Waals surface area (Å²) in [6, 6.07) is 1.54. The average Bonchev–Trinajstić information content (AvgIpc) is 2.52. The lowest BCUT2D eigenvalue weighted by Gasteiger charge is -2.28. The van der Waals surface area contributed by atoms with Gasteiger partial charge in [-0.05, 0) is 25.7 Å². The number of hydroxylamine groups is 1. The summed E-state index contributed by atoms with van der Waals surface area (Å²) in [4.78, 5) is 31.5. The summed E-state index contributed by atoms with van der Waals surface area (Å²) in [7, 11) is 3.89. The Kier molecular flexibility index (Phi) is 5.29. The number of carbonyl (C=O) groups is 2. The van der Waals surface area contributed by atoms with Crippen LogP contribution in [0.1, 0.15) is 21.6 Å². The molecule has 0 saturated carbocycles. The van der Waals surface area contributed by atoms with Crippen molar-refractivity contribution in [2.45, 2.75) is 13.0 Å². The largest absolute Gasteiger partial charge is 0.337 e. The van der Waals surface area contributed by atoms with E-state index in [4.69, 9.17) is 5.21 Å².